The molecule has 1 aliphatic heterocycles. The second-order valence-electron chi connectivity index (χ2n) is 5.10. The van der Waals surface area contributed by atoms with E-state index < -0.39 is 0 Å². The summed E-state index contributed by atoms with van der Waals surface area (Å²) in [7, 11) is 1.37. The maximum atomic E-state index is 11.6. The van der Waals surface area contributed by atoms with Crippen LogP contribution in [0.15, 0.2) is 0 Å². The summed E-state index contributed by atoms with van der Waals surface area (Å²) < 4.78 is 4.65. The number of likely N-dealkylation sites (tertiary alicyclic amines) is 1. The Hall–Kier alpha value is -1.10. The van der Waals surface area contributed by atoms with Crippen LogP contribution in [0.1, 0.15) is 27.2 Å². The van der Waals surface area contributed by atoms with Gasteiger partial charge in [0.1, 0.15) is 6.04 Å². The quantitative estimate of drug-likeness (QED) is 0.698. The fourth-order valence-corrected chi connectivity index (χ4v) is 1.68. The first-order chi connectivity index (χ1) is 7.33. The zero-order valence-electron chi connectivity index (χ0n) is 10.4. The average Bonchev–Trinajstić information content (AvgIpc) is 2.09. The van der Waals surface area contributed by atoms with Gasteiger partial charge < -0.3 is 10.1 Å². The molecular weight excluding hydrogens is 208 g/mol. The molecule has 0 aliphatic carbocycles. The van der Waals surface area contributed by atoms with Crippen LogP contribution in [0.3, 0.4) is 0 Å². The van der Waals surface area contributed by atoms with E-state index in [2.05, 4.69) is 10.1 Å². The van der Waals surface area contributed by atoms with Crippen molar-refractivity contribution in [3.63, 3.8) is 0 Å². The molecule has 0 spiro atoms. The first kappa shape index (κ1) is 13.0. The predicted octanol–water partition coefficient (Wildman–Crippen LogP) is 0.148. The molecule has 1 amide bonds. The number of amides is 1. The van der Waals surface area contributed by atoms with Crippen molar-refractivity contribution < 1.29 is 14.3 Å². The number of hydrogen-bond donors (Lipinski definition) is 1. The van der Waals surface area contributed by atoms with Gasteiger partial charge in [-0.05, 0) is 27.2 Å². The molecule has 0 saturated carbocycles. The summed E-state index contributed by atoms with van der Waals surface area (Å²) in [4.78, 5) is 24.7. The summed E-state index contributed by atoms with van der Waals surface area (Å²) >= 11 is 0. The molecule has 0 bridgehead atoms. The summed E-state index contributed by atoms with van der Waals surface area (Å²) in [6, 6.07) is -0.240. The van der Waals surface area contributed by atoms with Crippen molar-refractivity contribution in [2.75, 3.05) is 20.2 Å². The minimum absolute atomic E-state index is 0.0545. The Kier molecular flexibility index (Phi) is 3.91. The van der Waals surface area contributed by atoms with E-state index in [1.54, 1.807) is 0 Å². The van der Waals surface area contributed by atoms with Gasteiger partial charge in [0.05, 0.1) is 13.7 Å². The monoisotopic (exact) mass is 228 g/mol. The van der Waals surface area contributed by atoms with Crippen molar-refractivity contribution in [3.8, 4) is 0 Å². The minimum Gasteiger partial charge on any atom is -0.468 e. The van der Waals surface area contributed by atoms with Gasteiger partial charge in [-0.2, -0.15) is 0 Å². The summed E-state index contributed by atoms with van der Waals surface area (Å²) in [5.41, 5.74) is -0.233. The van der Waals surface area contributed by atoms with E-state index >= 15 is 0 Å². The van der Waals surface area contributed by atoms with Gasteiger partial charge in [-0.15, -0.1) is 0 Å². The second-order valence-corrected chi connectivity index (χ2v) is 5.10. The van der Waals surface area contributed by atoms with Crippen molar-refractivity contribution in [1.29, 1.82) is 0 Å². The molecule has 1 N–H and O–H groups in total. The summed E-state index contributed by atoms with van der Waals surface area (Å²) in [5, 5.41) is 2.86. The molecule has 1 aliphatic rings. The van der Waals surface area contributed by atoms with Gasteiger partial charge in [-0.1, -0.05) is 0 Å². The van der Waals surface area contributed by atoms with Crippen molar-refractivity contribution >= 4 is 11.9 Å². The summed E-state index contributed by atoms with van der Waals surface area (Å²) in [6.45, 7) is 6.82. The molecule has 0 aromatic rings. The Bertz CT molecular complexity index is 283. The van der Waals surface area contributed by atoms with Crippen LogP contribution in [0.2, 0.25) is 0 Å². The molecule has 5 heteroatoms. The highest BCUT2D eigenvalue weighted by atomic mass is 16.5. The average molecular weight is 228 g/mol. The third kappa shape index (κ3) is 3.48. The summed E-state index contributed by atoms with van der Waals surface area (Å²) in [5.74, 6) is -0.309. The Balaban J connectivity index is 2.38. The molecule has 1 rings (SSSR count). The number of carbonyl (C=O) groups is 2. The number of methoxy groups -OCH3 is 1. The van der Waals surface area contributed by atoms with Crippen LogP contribution in [0.25, 0.3) is 0 Å². The highest BCUT2D eigenvalue weighted by molar-refractivity contribution is 5.81. The lowest BCUT2D eigenvalue weighted by Crippen LogP contribution is -2.57. The molecule has 1 fully saturated rings. The fraction of sp³-hybridized carbons (Fsp3) is 0.818. The van der Waals surface area contributed by atoms with E-state index in [0.717, 1.165) is 13.0 Å². The molecule has 5 nitrogen and oxygen atoms in total. The molecule has 92 valence electrons. The lowest BCUT2D eigenvalue weighted by Gasteiger charge is -2.38. The predicted molar refractivity (Wildman–Crippen MR) is 59.9 cm³/mol. The Morgan fingerprint density at radius 2 is 2.06 bits per heavy atom. The highest BCUT2D eigenvalue weighted by Crippen LogP contribution is 2.17. The Labute approximate surface area is 96.1 Å². The van der Waals surface area contributed by atoms with Crippen LogP contribution >= 0.6 is 0 Å². The minimum atomic E-state index is -0.255. The molecule has 16 heavy (non-hydrogen) atoms. The van der Waals surface area contributed by atoms with E-state index in [9.17, 15) is 9.59 Å². The van der Waals surface area contributed by atoms with Crippen molar-refractivity contribution in [1.82, 2.24) is 10.2 Å². The standard InChI is InChI=1S/C11H20N2O3/c1-11(2,3)12-9(14)7-13-6-5-8(13)10(15)16-4/h8H,5-7H2,1-4H3,(H,12,14). The molecular formula is C11H20N2O3. The zero-order chi connectivity index (χ0) is 12.3. The topological polar surface area (TPSA) is 58.6 Å². The van der Waals surface area contributed by atoms with Gasteiger partial charge in [0, 0.05) is 12.1 Å². The van der Waals surface area contributed by atoms with Gasteiger partial charge in [0.2, 0.25) is 5.91 Å². The van der Waals surface area contributed by atoms with Crippen LogP contribution in [0.5, 0.6) is 0 Å². The number of carbonyl (C=O) groups excluding carboxylic acids is 2. The number of hydrogen-bond acceptors (Lipinski definition) is 4. The lowest BCUT2D eigenvalue weighted by molar-refractivity contribution is -0.152. The van der Waals surface area contributed by atoms with Gasteiger partial charge in [0.25, 0.3) is 0 Å². The van der Waals surface area contributed by atoms with Crippen molar-refractivity contribution in [2.45, 2.75) is 38.8 Å². The van der Waals surface area contributed by atoms with Crippen LogP contribution in [0.4, 0.5) is 0 Å². The van der Waals surface area contributed by atoms with Gasteiger partial charge in [-0.25, -0.2) is 0 Å². The second kappa shape index (κ2) is 4.82. The van der Waals surface area contributed by atoms with Crippen molar-refractivity contribution in [2.24, 2.45) is 0 Å². The number of rotatable bonds is 3. The molecule has 1 heterocycles. The zero-order valence-corrected chi connectivity index (χ0v) is 10.4. The SMILES string of the molecule is COC(=O)C1CCN1CC(=O)NC(C)(C)C. The highest BCUT2D eigenvalue weighted by Gasteiger charge is 2.36. The lowest BCUT2D eigenvalue weighted by atomic mass is 10.0. The fourth-order valence-electron chi connectivity index (χ4n) is 1.68. The van der Waals surface area contributed by atoms with Crippen LogP contribution in [-0.4, -0.2) is 48.6 Å². The molecule has 1 saturated heterocycles. The molecule has 1 atom stereocenters. The van der Waals surface area contributed by atoms with Crippen LogP contribution < -0.4 is 5.32 Å². The van der Waals surface area contributed by atoms with E-state index in [0.29, 0.717) is 0 Å². The van der Waals surface area contributed by atoms with E-state index in [4.69, 9.17) is 0 Å². The maximum Gasteiger partial charge on any atom is 0.323 e. The summed E-state index contributed by atoms with van der Waals surface area (Å²) in [6.07, 6.45) is 0.773. The molecule has 1 unspecified atom stereocenters. The van der Waals surface area contributed by atoms with Gasteiger partial charge in [0.15, 0.2) is 0 Å². The van der Waals surface area contributed by atoms with Gasteiger partial charge in [-0.3, -0.25) is 14.5 Å². The van der Waals surface area contributed by atoms with Gasteiger partial charge >= 0.3 is 5.97 Å². The van der Waals surface area contributed by atoms with E-state index in [1.807, 2.05) is 25.7 Å². The molecule has 0 aromatic heterocycles. The smallest absolute Gasteiger partial charge is 0.323 e. The first-order valence-electron chi connectivity index (χ1n) is 5.46. The molecule has 0 radical (unpaired) electrons. The normalized spacial score (nSPS) is 21.1. The third-order valence-electron chi connectivity index (χ3n) is 2.46. The van der Waals surface area contributed by atoms with E-state index in [1.165, 1.54) is 7.11 Å². The molecule has 0 aromatic carbocycles. The van der Waals surface area contributed by atoms with Crippen LogP contribution in [-0.2, 0) is 14.3 Å². The first-order valence-corrected chi connectivity index (χ1v) is 5.46. The maximum absolute atomic E-state index is 11.6. The largest absolute Gasteiger partial charge is 0.468 e. The number of nitrogens with one attached hydrogen (secondary N) is 1. The Morgan fingerprint density at radius 3 is 2.44 bits per heavy atom. The number of ether oxygens (including phenoxy) is 1. The van der Waals surface area contributed by atoms with Crippen LogP contribution in [0, 0.1) is 0 Å². The number of esters is 1. The van der Waals surface area contributed by atoms with Crippen molar-refractivity contribution in [3.05, 3.63) is 0 Å². The number of nitrogens with zero attached hydrogens (tertiary/aromatic N) is 1. The Morgan fingerprint density at radius 1 is 1.44 bits per heavy atom. The van der Waals surface area contributed by atoms with E-state index in [-0.39, 0.29) is 30.0 Å². The third-order valence-corrected chi connectivity index (χ3v) is 2.46.